The van der Waals surface area contributed by atoms with Gasteiger partial charge >= 0.3 is 5.97 Å². The van der Waals surface area contributed by atoms with Gasteiger partial charge in [0.05, 0.1) is 6.61 Å². The first-order valence-corrected chi connectivity index (χ1v) is 16.3. The van der Waals surface area contributed by atoms with Crippen molar-refractivity contribution in [3.8, 4) is 29.3 Å². The van der Waals surface area contributed by atoms with E-state index in [0.717, 1.165) is 17.2 Å². The first kappa shape index (κ1) is 27.3. The van der Waals surface area contributed by atoms with Crippen LogP contribution >= 0.6 is 45.3 Å². The highest BCUT2D eigenvalue weighted by Gasteiger charge is 2.16. The number of thiophene rings is 4. The Labute approximate surface area is 232 Å². The van der Waals surface area contributed by atoms with Crippen LogP contribution in [-0.2, 0) is 11.2 Å². The van der Waals surface area contributed by atoms with E-state index in [9.17, 15) is 4.79 Å². The van der Waals surface area contributed by atoms with E-state index in [0.29, 0.717) is 17.4 Å². The lowest BCUT2D eigenvalue weighted by molar-refractivity contribution is 0.0453. The van der Waals surface area contributed by atoms with Gasteiger partial charge in [-0.05, 0) is 66.8 Å². The van der Waals surface area contributed by atoms with E-state index in [4.69, 9.17) is 4.74 Å². The Hall–Kier alpha value is -1.73. The van der Waals surface area contributed by atoms with Crippen molar-refractivity contribution in [2.24, 2.45) is 11.8 Å². The Balaban J connectivity index is 1.41. The van der Waals surface area contributed by atoms with Gasteiger partial charge < -0.3 is 4.74 Å². The highest BCUT2D eigenvalue weighted by molar-refractivity contribution is 7.28. The second-order valence-electron chi connectivity index (χ2n) is 9.49. The summed E-state index contributed by atoms with van der Waals surface area (Å²) in [6.07, 6.45) is 7.45. The second kappa shape index (κ2) is 13.2. The number of hydrogen-bond acceptors (Lipinski definition) is 6. The topological polar surface area (TPSA) is 26.3 Å². The molecule has 2 atom stereocenters. The predicted octanol–water partition coefficient (Wildman–Crippen LogP) is 10.9. The van der Waals surface area contributed by atoms with E-state index >= 15 is 0 Å². The van der Waals surface area contributed by atoms with Crippen LogP contribution in [0.25, 0.3) is 29.3 Å². The van der Waals surface area contributed by atoms with Crippen LogP contribution in [-0.4, -0.2) is 12.6 Å². The van der Waals surface area contributed by atoms with Crippen molar-refractivity contribution in [1.29, 1.82) is 0 Å². The molecular weight excluding hydrogens is 521 g/mol. The zero-order valence-electron chi connectivity index (χ0n) is 21.7. The molecule has 4 aromatic heterocycles. The first-order chi connectivity index (χ1) is 17.5. The molecule has 4 rings (SSSR count). The summed E-state index contributed by atoms with van der Waals surface area (Å²) in [7, 11) is 0. The molecule has 0 fully saturated rings. The number of hydrogen-bond donors (Lipinski definition) is 0. The van der Waals surface area contributed by atoms with Crippen LogP contribution in [0.15, 0.2) is 48.5 Å². The molecule has 0 aliphatic heterocycles. The van der Waals surface area contributed by atoms with Crippen molar-refractivity contribution in [2.45, 2.75) is 66.2 Å². The standard InChI is InChI=1S/C30H36O2S4/c1-5-8-9-21(7-3)18-22-10-11-23(33-22)24-12-13-25(34-24)26-14-15-27(35-26)28-16-17-29(36-28)30(31)32-19-20(4)6-2/h10-17,20-21H,5-9,18-19H2,1-4H3/t20-,21?/m0/s1. The van der Waals surface area contributed by atoms with Crippen LogP contribution in [0.2, 0.25) is 0 Å². The number of carbonyl (C=O) groups is 1. The predicted molar refractivity (Wildman–Crippen MR) is 161 cm³/mol. The minimum absolute atomic E-state index is 0.211. The van der Waals surface area contributed by atoms with E-state index in [1.165, 1.54) is 72.7 Å². The van der Waals surface area contributed by atoms with Gasteiger partial charge in [-0.15, -0.1) is 45.3 Å². The first-order valence-electron chi connectivity index (χ1n) is 13.1. The van der Waals surface area contributed by atoms with Crippen molar-refractivity contribution >= 4 is 51.3 Å². The summed E-state index contributed by atoms with van der Waals surface area (Å²) in [6, 6.07) is 17.4. The van der Waals surface area contributed by atoms with Crippen molar-refractivity contribution in [1.82, 2.24) is 0 Å². The number of carbonyl (C=O) groups excluding carboxylic acids is 1. The van der Waals surface area contributed by atoms with Crippen LogP contribution in [0.5, 0.6) is 0 Å². The molecule has 0 N–H and O–H groups in total. The zero-order valence-corrected chi connectivity index (χ0v) is 24.9. The highest BCUT2D eigenvalue weighted by Crippen LogP contribution is 2.43. The van der Waals surface area contributed by atoms with Gasteiger partial charge in [0.1, 0.15) is 4.88 Å². The lowest BCUT2D eigenvalue weighted by Crippen LogP contribution is -2.10. The molecule has 0 aliphatic carbocycles. The third-order valence-electron chi connectivity index (χ3n) is 6.64. The highest BCUT2D eigenvalue weighted by atomic mass is 32.1. The molecule has 0 radical (unpaired) electrons. The summed E-state index contributed by atoms with van der Waals surface area (Å²) in [5, 5.41) is 0. The quantitative estimate of drug-likeness (QED) is 0.153. The Bertz CT molecular complexity index is 1240. The molecule has 4 aromatic rings. The van der Waals surface area contributed by atoms with Gasteiger partial charge in [0.25, 0.3) is 0 Å². The molecular formula is C30H36O2S4. The normalized spacial score (nSPS) is 13.1. The maximum Gasteiger partial charge on any atom is 0.348 e. The molecule has 0 spiro atoms. The van der Waals surface area contributed by atoms with Crippen LogP contribution in [0, 0.1) is 11.8 Å². The molecule has 0 aromatic carbocycles. The van der Waals surface area contributed by atoms with Crippen molar-refractivity contribution < 1.29 is 9.53 Å². The number of rotatable bonds is 13. The largest absolute Gasteiger partial charge is 0.461 e. The average Bonchev–Trinajstić information content (AvgIpc) is 3.69. The Morgan fingerprint density at radius 3 is 1.89 bits per heavy atom. The monoisotopic (exact) mass is 556 g/mol. The Morgan fingerprint density at radius 1 is 0.750 bits per heavy atom. The third-order valence-corrected chi connectivity index (χ3v) is 11.6. The van der Waals surface area contributed by atoms with Crippen LogP contribution in [0.3, 0.4) is 0 Å². The maximum absolute atomic E-state index is 12.4. The molecule has 192 valence electrons. The van der Waals surface area contributed by atoms with Crippen LogP contribution in [0.1, 0.15) is 74.3 Å². The summed E-state index contributed by atoms with van der Waals surface area (Å²) in [4.78, 5) is 22.2. The summed E-state index contributed by atoms with van der Waals surface area (Å²) >= 11 is 7.14. The smallest absolute Gasteiger partial charge is 0.348 e. The van der Waals surface area contributed by atoms with Gasteiger partial charge in [0.2, 0.25) is 0 Å². The molecule has 0 amide bonds. The van der Waals surface area contributed by atoms with Gasteiger partial charge in [-0.25, -0.2) is 4.79 Å². The van der Waals surface area contributed by atoms with Crippen molar-refractivity contribution in [2.75, 3.05) is 6.61 Å². The van der Waals surface area contributed by atoms with Crippen molar-refractivity contribution in [3.63, 3.8) is 0 Å². The fourth-order valence-electron chi connectivity index (χ4n) is 4.04. The molecule has 4 heterocycles. The molecule has 0 saturated carbocycles. The number of esters is 1. The van der Waals surface area contributed by atoms with Gasteiger partial charge in [-0.1, -0.05) is 59.8 Å². The van der Waals surface area contributed by atoms with Crippen molar-refractivity contribution in [3.05, 3.63) is 58.3 Å². The number of unbranched alkanes of at least 4 members (excludes halogenated alkanes) is 1. The van der Waals surface area contributed by atoms with Gasteiger partial charge in [-0.3, -0.25) is 0 Å². The van der Waals surface area contributed by atoms with Gasteiger partial charge in [0, 0.05) is 34.1 Å². The second-order valence-corrected chi connectivity index (χ2v) is 13.9. The van der Waals surface area contributed by atoms with E-state index in [-0.39, 0.29) is 5.97 Å². The van der Waals surface area contributed by atoms with Crippen LogP contribution < -0.4 is 0 Å². The number of ether oxygens (including phenoxy) is 1. The summed E-state index contributed by atoms with van der Waals surface area (Å²) in [5.74, 6) is 0.986. The van der Waals surface area contributed by atoms with Gasteiger partial charge in [-0.2, -0.15) is 0 Å². The van der Waals surface area contributed by atoms with Crippen LogP contribution in [0.4, 0.5) is 0 Å². The van der Waals surface area contributed by atoms with E-state index in [2.05, 4.69) is 64.1 Å². The molecule has 0 bridgehead atoms. The zero-order chi connectivity index (χ0) is 25.5. The molecule has 0 aliphatic rings. The fourth-order valence-corrected chi connectivity index (χ4v) is 8.35. The average molecular weight is 557 g/mol. The lowest BCUT2D eigenvalue weighted by Gasteiger charge is -2.12. The summed E-state index contributed by atoms with van der Waals surface area (Å²) in [6.45, 7) is 9.30. The Kier molecular flexibility index (Phi) is 10.00. The maximum atomic E-state index is 12.4. The molecule has 36 heavy (non-hydrogen) atoms. The van der Waals surface area contributed by atoms with E-state index in [1.54, 1.807) is 11.3 Å². The summed E-state index contributed by atoms with van der Waals surface area (Å²) in [5.41, 5.74) is 0. The molecule has 0 saturated heterocycles. The lowest BCUT2D eigenvalue weighted by atomic mass is 9.95. The summed E-state index contributed by atoms with van der Waals surface area (Å²) < 4.78 is 5.47. The van der Waals surface area contributed by atoms with E-state index < -0.39 is 0 Å². The fraction of sp³-hybridized carbons (Fsp3) is 0.433. The molecule has 6 heteroatoms. The SMILES string of the molecule is CCCCC(CC)Cc1ccc(-c2ccc(-c3ccc(-c4ccc(C(=O)OC[C@@H](C)CC)s4)s3)s2)s1. The third kappa shape index (κ3) is 6.97. The molecule has 2 nitrogen and oxygen atoms in total. The minimum Gasteiger partial charge on any atom is -0.461 e. The van der Waals surface area contributed by atoms with E-state index in [1.807, 2.05) is 34.8 Å². The Morgan fingerprint density at radius 2 is 1.31 bits per heavy atom. The van der Waals surface area contributed by atoms with Gasteiger partial charge in [0.15, 0.2) is 0 Å². The minimum atomic E-state index is -0.211. The molecule has 1 unspecified atom stereocenters.